The van der Waals surface area contributed by atoms with Crippen LogP contribution in [0.3, 0.4) is 0 Å². The highest BCUT2D eigenvalue weighted by Gasteiger charge is 2.03. The van der Waals surface area contributed by atoms with Crippen molar-refractivity contribution in [3.05, 3.63) is 24.7 Å². The SMILES string of the molecule is Nc1cc(-c2ccncn2)on1. The first kappa shape index (κ1) is 6.78. The van der Waals surface area contributed by atoms with Crippen LogP contribution >= 0.6 is 0 Å². The van der Waals surface area contributed by atoms with Gasteiger partial charge in [0.25, 0.3) is 0 Å². The summed E-state index contributed by atoms with van der Waals surface area (Å²) in [5.41, 5.74) is 6.04. The predicted octanol–water partition coefficient (Wildman–Crippen LogP) is 0.714. The second-order valence-electron chi connectivity index (χ2n) is 2.21. The summed E-state index contributed by atoms with van der Waals surface area (Å²) in [5, 5.41) is 3.54. The van der Waals surface area contributed by atoms with Crippen molar-refractivity contribution in [2.75, 3.05) is 5.73 Å². The molecule has 0 saturated carbocycles. The van der Waals surface area contributed by atoms with E-state index in [0.29, 0.717) is 17.3 Å². The highest BCUT2D eigenvalue weighted by molar-refractivity contribution is 5.54. The van der Waals surface area contributed by atoms with E-state index >= 15 is 0 Å². The summed E-state index contributed by atoms with van der Waals surface area (Å²) < 4.78 is 4.89. The second kappa shape index (κ2) is 2.61. The Morgan fingerprint density at radius 1 is 1.42 bits per heavy atom. The topological polar surface area (TPSA) is 77.8 Å². The maximum Gasteiger partial charge on any atom is 0.187 e. The zero-order chi connectivity index (χ0) is 8.39. The summed E-state index contributed by atoms with van der Waals surface area (Å²) >= 11 is 0. The van der Waals surface area contributed by atoms with E-state index < -0.39 is 0 Å². The molecule has 2 aromatic rings. The number of nitrogen functional groups attached to an aromatic ring is 1. The molecule has 0 fully saturated rings. The summed E-state index contributed by atoms with van der Waals surface area (Å²) in [6.45, 7) is 0. The van der Waals surface area contributed by atoms with Crippen LogP contribution in [-0.2, 0) is 0 Å². The lowest BCUT2D eigenvalue weighted by Gasteiger charge is -1.89. The number of nitrogens with two attached hydrogens (primary N) is 1. The van der Waals surface area contributed by atoms with Crippen LogP contribution in [0.5, 0.6) is 0 Å². The Morgan fingerprint density at radius 3 is 2.92 bits per heavy atom. The normalized spacial score (nSPS) is 10.0. The van der Waals surface area contributed by atoms with Gasteiger partial charge in [0, 0.05) is 12.3 Å². The van der Waals surface area contributed by atoms with Gasteiger partial charge in [-0.15, -0.1) is 0 Å². The average molecular weight is 162 g/mol. The van der Waals surface area contributed by atoms with Crippen molar-refractivity contribution in [1.82, 2.24) is 15.1 Å². The van der Waals surface area contributed by atoms with Crippen molar-refractivity contribution >= 4 is 5.82 Å². The minimum Gasteiger partial charge on any atom is -0.381 e. The molecule has 0 aromatic carbocycles. The van der Waals surface area contributed by atoms with E-state index in [1.807, 2.05) is 0 Å². The van der Waals surface area contributed by atoms with Crippen LogP contribution in [0, 0.1) is 0 Å². The van der Waals surface area contributed by atoms with Crippen molar-refractivity contribution < 1.29 is 4.52 Å². The highest BCUT2D eigenvalue weighted by atomic mass is 16.5. The van der Waals surface area contributed by atoms with Crippen LogP contribution < -0.4 is 5.73 Å². The highest BCUT2D eigenvalue weighted by Crippen LogP contribution is 2.17. The first-order chi connectivity index (χ1) is 5.86. The summed E-state index contributed by atoms with van der Waals surface area (Å²) in [7, 11) is 0. The van der Waals surface area contributed by atoms with E-state index in [0.717, 1.165) is 0 Å². The van der Waals surface area contributed by atoms with Crippen molar-refractivity contribution in [3.8, 4) is 11.5 Å². The molecule has 2 aromatic heterocycles. The summed E-state index contributed by atoms with van der Waals surface area (Å²) in [6.07, 6.45) is 3.06. The van der Waals surface area contributed by atoms with Crippen LogP contribution in [0.1, 0.15) is 0 Å². The number of rotatable bonds is 1. The first-order valence-corrected chi connectivity index (χ1v) is 3.35. The Morgan fingerprint density at radius 2 is 2.33 bits per heavy atom. The van der Waals surface area contributed by atoms with Gasteiger partial charge in [0.2, 0.25) is 0 Å². The summed E-state index contributed by atoms with van der Waals surface area (Å²) in [5.74, 6) is 0.901. The molecule has 0 saturated heterocycles. The lowest BCUT2D eigenvalue weighted by atomic mass is 10.3. The maximum absolute atomic E-state index is 5.37. The third kappa shape index (κ3) is 1.12. The minimum absolute atomic E-state index is 0.351. The van der Waals surface area contributed by atoms with E-state index in [9.17, 15) is 0 Å². The molecule has 0 aliphatic heterocycles. The van der Waals surface area contributed by atoms with Gasteiger partial charge in [-0.1, -0.05) is 5.16 Å². The van der Waals surface area contributed by atoms with E-state index in [-0.39, 0.29) is 0 Å². The number of hydrogen-bond acceptors (Lipinski definition) is 5. The number of hydrogen-bond donors (Lipinski definition) is 1. The van der Waals surface area contributed by atoms with Gasteiger partial charge in [-0.05, 0) is 6.07 Å². The van der Waals surface area contributed by atoms with Gasteiger partial charge in [0.05, 0.1) is 0 Å². The quantitative estimate of drug-likeness (QED) is 0.668. The molecule has 5 nitrogen and oxygen atoms in total. The standard InChI is InChI=1S/C7H6N4O/c8-7-3-6(12-11-7)5-1-2-9-4-10-5/h1-4H,(H2,8,11). The van der Waals surface area contributed by atoms with Crippen LogP contribution in [0.4, 0.5) is 5.82 Å². The van der Waals surface area contributed by atoms with Crippen molar-refractivity contribution in [3.63, 3.8) is 0 Å². The Balaban J connectivity index is 2.45. The Labute approximate surface area is 68.2 Å². The Hall–Kier alpha value is -1.91. The van der Waals surface area contributed by atoms with E-state index in [1.165, 1.54) is 6.33 Å². The van der Waals surface area contributed by atoms with Crippen LogP contribution in [0.15, 0.2) is 29.2 Å². The van der Waals surface area contributed by atoms with Gasteiger partial charge in [0.15, 0.2) is 11.6 Å². The van der Waals surface area contributed by atoms with Gasteiger partial charge in [-0.2, -0.15) is 0 Å². The van der Waals surface area contributed by atoms with Crippen molar-refractivity contribution in [1.29, 1.82) is 0 Å². The van der Waals surface area contributed by atoms with Gasteiger partial charge in [-0.25, -0.2) is 9.97 Å². The maximum atomic E-state index is 5.37. The number of nitrogens with zero attached hydrogens (tertiary/aromatic N) is 3. The van der Waals surface area contributed by atoms with Gasteiger partial charge >= 0.3 is 0 Å². The molecule has 0 bridgehead atoms. The third-order valence-electron chi connectivity index (χ3n) is 1.36. The number of anilines is 1. The largest absolute Gasteiger partial charge is 0.381 e. The molecule has 0 unspecified atom stereocenters. The molecule has 2 N–H and O–H groups in total. The molecule has 0 atom stereocenters. The molecule has 0 amide bonds. The second-order valence-corrected chi connectivity index (χ2v) is 2.21. The van der Waals surface area contributed by atoms with E-state index in [4.69, 9.17) is 10.3 Å². The van der Waals surface area contributed by atoms with Crippen LogP contribution in [0.2, 0.25) is 0 Å². The first-order valence-electron chi connectivity index (χ1n) is 3.35. The zero-order valence-corrected chi connectivity index (χ0v) is 6.14. The average Bonchev–Trinajstić information content (AvgIpc) is 2.54. The van der Waals surface area contributed by atoms with Gasteiger partial charge < -0.3 is 10.3 Å². The number of aromatic nitrogens is 3. The monoisotopic (exact) mass is 162 g/mol. The molecular formula is C7H6N4O. The molecule has 12 heavy (non-hydrogen) atoms. The fourth-order valence-electron chi connectivity index (χ4n) is 0.846. The Kier molecular flexibility index (Phi) is 1.48. The molecule has 0 radical (unpaired) electrons. The molecule has 5 heteroatoms. The third-order valence-corrected chi connectivity index (χ3v) is 1.36. The molecule has 60 valence electrons. The predicted molar refractivity (Wildman–Crippen MR) is 41.9 cm³/mol. The fraction of sp³-hybridized carbons (Fsp3) is 0. The molecule has 2 rings (SSSR count). The lowest BCUT2D eigenvalue weighted by molar-refractivity contribution is 0.434. The lowest BCUT2D eigenvalue weighted by Crippen LogP contribution is -1.81. The summed E-state index contributed by atoms with van der Waals surface area (Å²) in [4.78, 5) is 7.74. The molecule has 2 heterocycles. The molecular weight excluding hydrogens is 156 g/mol. The smallest absolute Gasteiger partial charge is 0.187 e. The van der Waals surface area contributed by atoms with Crippen molar-refractivity contribution in [2.45, 2.75) is 0 Å². The van der Waals surface area contributed by atoms with E-state index in [1.54, 1.807) is 18.3 Å². The van der Waals surface area contributed by atoms with Gasteiger partial charge in [-0.3, -0.25) is 0 Å². The van der Waals surface area contributed by atoms with Crippen LogP contribution in [-0.4, -0.2) is 15.1 Å². The minimum atomic E-state index is 0.351. The Bertz CT molecular complexity index is 370. The van der Waals surface area contributed by atoms with Crippen molar-refractivity contribution in [2.24, 2.45) is 0 Å². The van der Waals surface area contributed by atoms with E-state index in [2.05, 4.69) is 15.1 Å². The molecule has 0 aliphatic rings. The summed E-state index contributed by atoms with van der Waals surface area (Å²) in [6, 6.07) is 3.34. The van der Waals surface area contributed by atoms with Crippen LogP contribution in [0.25, 0.3) is 11.5 Å². The fourth-order valence-corrected chi connectivity index (χ4v) is 0.846. The molecule has 0 aliphatic carbocycles. The zero-order valence-electron chi connectivity index (χ0n) is 6.14. The molecule has 0 spiro atoms. The van der Waals surface area contributed by atoms with Gasteiger partial charge in [0.1, 0.15) is 12.0 Å².